The average molecular weight is 244 g/mol. The van der Waals surface area contributed by atoms with Gasteiger partial charge in [-0.25, -0.2) is 0 Å². The molecule has 0 saturated carbocycles. The maximum Gasteiger partial charge on any atom is 0.125 e. The van der Waals surface area contributed by atoms with Gasteiger partial charge in [0.05, 0.1) is 6.10 Å². The van der Waals surface area contributed by atoms with Crippen LogP contribution in [0.3, 0.4) is 0 Å². The Morgan fingerprint density at radius 2 is 2.15 bits per heavy atom. The molecule has 3 heteroatoms. The van der Waals surface area contributed by atoms with Crippen LogP contribution in [0.5, 0.6) is 5.75 Å². The van der Waals surface area contributed by atoms with E-state index in [9.17, 15) is 0 Å². The molecule has 1 aromatic rings. The SMILES string of the molecule is CC(C)Oc1cc(Br)ccc1CN. The Bertz CT molecular complexity index is 286. The van der Waals surface area contributed by atoms with Crippen LogP contribution in [0.2, 0.25) is 0 Å². The highest BCUT2D eigenvalue weighted by Crippen LogP contribution is 2.24. The molecule has 0 saturated heterocycles. The monoisotopic (exact) mass is 243 g/mol. The average Bonchev–Trinajstić information content (AvgIpc) is 2.03. The fourth-order valence-electron chi connectivity index (χ4n) is 1.06. The van der Waals surface area contributed by atoms with E-state index in [0.717, 1.165) is 15.8 Å². The quantitative estimate of drug-likeness (QED) is 0.887. The molecular weight excluding hydrogens is 230 g/mol. The topological polar surface area (TPSA) is 35.2 Å². The first-order valence-electron chi connectivity index (χ1n) is 4.28. The van der Waals surface area contributed by atoms with Crippen LogP contribution in [0.4, 0.5) is 0 Å². The Hall–Kier alpha value is -0.540. The van der Waals surface area contributed by atoms with Gasteiger partial charge < -0.3 is 10.5 Å². The van der Waals surface area contributed by atoms with Crippen LogP contribution in [0, 0.1) is 0 Å². The Labute approximate surface area is 87.2 Å². The van der Waals surface area contributed by atoms with Gasteiger partial charge in [-0.2, -0.15) is 0 Å². The Morgan fingerprint density at radius 3 is 2.69 bits per heavy atom. The zero-order valence-electron chi connectivity index (χ0n) is 7.88. The molecule has 2 nitrogen and oxygen atoms in total. The van der Waals surface area contributed by atoms with Gasteiger partial charge in [0, 0.05) is 16.6 Å². The van der Waals surface area contributed by atoms with E-state index in [1.165, 1.54) is 0 Å². The fourth-order valence-corrected chi connectivity index (χ4v) is 1.40. The van der Waals surface area contributed by atoms with Crippen LogP contribution in [0.15, 0.2) is 22.7 Å². The second kappa shape index (κ2) is 4.63. The molecule has 1 rings (SSSR count). The molecule has 0 aliphatic rings. The number of rotatable bonds is 3. The number of ether oxygens (including phenoxy) is 1. The first kappa shape index (κ1) is 10.5. The summed E-state index contributed by atoms with van der Waals surface area (Å²) in [5.41, 5.74) is 6.62. The van der Waals surface area contributed by atoms with E-state index >= 15 is 0 Å². The highest BCUT2D eigenvalue weighted by atomic mass is 79.9. The molecule has 0 unspecified atom stereocenters. The molecule has 2 N–H and O–H groups in total. The first-order valence-corrected chi connectivity index (χ1v) is 5.08. The van der Waals surface area contributed by atoms with Crippen molar-refractivity contribution in [1.82, 2.24) is 0 Å². The minimum atomic E-state index is 0.180. The van der Waals surface area contributed by atoms with Crippen molar-refractivity contribution in [2.24, 2.45) is 5.73 Å². The lowest BCUT2D eigenvalue weighted by Crippen LogP contribution is -2.09. The van der Waals surface area contributed by atoms with Crippen molar-refractivity contribution in [3.05, 3.63) is 28.2 Å². The molecule has 13 heavy (non-hydrogen) atoms. The number of hydrogen-bond donors (Lipinski definition) is 1. The predicted molar refractivity (Wildman–Crippen MR) is 57.8 cm³/mol. The van der Waals surface area contributed by atoms with E-state index in [0.29, 0.717) is 6.54 Å². The Kier molecular flexibility index (Phi) is 3.75. The molecule has 0 aromatic heterocycles. The second-order valence-electron chi connectivity index (χ2n) is 3.12. The molecule has 0 aliphatic carbocycles. The molecule has 1 aromatic carbocycles. The molecule has 72 valence electrons. The van der Waals surface area contributed by atoms with Crippen molar-refractivity contribution in [2.75, 3.05) is 0 Å². The minimum Gasteiger partial charge on any atom is -0.491 e. The largest absolute Gasteiger partial charge is 0.491 e. The Balaban J connectivity index is 2.94. The summed E-state index contributed by atoms with van der Waals surface area (Å²) >= 11 is 3.39. The second-order valence-corrected chi connectivity index (χ2v) is 4.04. The third-order valence-electron chi connectivity index (χ3n) is 1.61. The lowest BCUT2D eigenvalue weighted by atomic mass is 10.2. The van der Waals surface area contributed by atoms with E-state index in [-0.39, 0.29) is 6.10 Å². The number of benzene rings is 1. The van der Waals surface area contributed by atoms with E-state index < -0.39 is 0 Å². The summed E-state index contributed by atoms with van der Waals surface area (Å²) in [4.78, 5) is 0. The summed E-state index contributed by atoms with van der Waals surface area (Å²) in [5.74, 6) is 0.867. The van der Waals surface area contributed by atoms with Gasteiger partial charge >= 0.3 is 0 Å². The molecule has 0 atom stereocenters. The molecule has 0 fully saturated rings. The van der Waals surface area contributed by atoms with Gasteiger partial charge in [0.25, 0.3) is 0 Å². The standard InChI is InChI=1S/C10H14BrNO/c1-7(2)13-10-5-9(11)4-3-8(10)6-12/h3-5,7H,6,12H2,1-2H3. The summed E-state index contributed by atoms with van der Waals surface area (Å²) in [6, 6.07) is 5.89. The van der Waals surface area contributed by atoms with Crippen LogP contribution >= 0.6 is 15.9 Å². The van der Waals surface area contributed by atoms with Crippen LogP contribution < -0.4 is 10.5 Å². The van der Waals surface area contributed by atoms with Crippen LogP contribution in [-0.4, -0.2) is 6.10 Å². The molecule has 0 bridgehead atoms. The predicted octanol–water partition coefficient (Wildman–Crippen LogP) is 2.70. The van der Waals surface area contributed by atoms with E-state index in [1.54, 1.807) is 0 Å². The molecule has 0 radical (unpaired) electrons. The van der Waals surface area contributed by atoms with Gasteiger partial charge in [-0.15, -0.1) is 0 Å². The van der Waals surface area contributed by atoms with Gasteiger partial charge in [0.15, 0.2) is 0 Å². The maximum absolute atomic E-state index is 5.61. The van der Waals surface area contributed by atoms with Crippen LogP contribution in [-0.2, 0) is 6.54 Å². The normalized spacial score (nSPS) is 10.5. The molecule has 0 heterocycles. The van der Waals surface area contributed by atoms with Crippen molar-refractivity contribution in [3.8, 4) is 5.75 Å². The summed E-state index contributed by atoms with van der Waals surface area (Å²) in [6.07, 6.45) is 0.180. The van der Waals surface area contributed by atoms with Crippen molar-refractivity contribution < 1.29 is 4.74 Å². The summed E-state index contributed by atoms with van der Waals surface area (Å²) in [6.45, 7) is 4.51. The van der Waals surface area contributed by atoms with Crippen LogP contribution in [0.25, 0.3) is 0 Å². The van der Waals surface area contributed by atoms with Crippen LogP contribution in [0.1, 0.15) is 19.4 Å². The summed E-state index contributed by atoms with van der Waals surface area (Å²) in [5, 5.41) is 0. The molecule has 0 aliphatic heterocycles. The van der Waals surface area contributed by atoms with Gasteiger partial charge in [0.2, 0.25) is 0 Å². The zero-order valence-corrected chi connectivity index (χ0v) is 9.47. The first-order chi connectivity index (χ1) is 6.13. The molecule has 0 amide bonds. The number of halogens is 1. The third-order valence-corrected chi connectivity index (χ3v) is 2.11. The van der Waals surface area contributed by atoms with Crippen molar-refractivity contribution in [3.63, 3.8) is 0 Å². The zero-order chi connectivity index (χ0) is 9.84. The summed E-state index contributed by atoms with van der Waals surface area (Å²) < 4.78 is 6.62. The van der Waals surface area contributed by atoms with Gasteiger partial charge in [-0.3, -0.25) is 0 Å². The highest BCUT2D eigenvalue weighted by Gasteiger charge is 2.04. The van der Waals surface area contributed by atoms with E-state index in [2.05, 4.69) is 15.9 Å². The summed E-state index contributed by atoms with van der Waals surface area (Å²) in [7, 11) is 0. The highest BCUT2D eigenvalue weighted by molar-refractivity contribution is 9.10. The number of nitrogens with two attached hydrogens (primary N) is 1. The van der Waals surface area contributed by atoms with Gasteiger partial charge in [-0.05, 0) is 26.0 Å². The third kappa shape index (κ3) is 3.01. The number of hydrogen-bond acceptors (Lipinski definition) is 2. The van der Waals surface area contributed by atoms with E-state index in [4.69, 9.17) is 10.5 Å². The van der Waals surface area contributed by atoms with Crippen molar-refractivity contribution >= 4 is 15.9 Å². The minimum absolute atomic E-state index is 0.180. The molecule has 0 spiro atoms. The molecular formula is C10H14BrNO. The van der Waals surface area contributed by atoms with E-state index in [1.807, 2.05) is 32.0 Å². The smallest absolute Gasteiger partial charge is 0.125 e. The maximum atomic E-state index is 5.61. The van der Waals surface area contributed by atoms with Crippen molar-refractivity contribution in [2.45, 2.75) is 26.5 Å². The van der Waals surface area contributed by atoms with Crippen molar-refractivity contribution in [1.29, 1.82) is 0 Å². The van der Waals surface area contributed by atoms with Gasteiger partial charge in [-0.1, -0.05) is 22.0 Å². The Morgan fingerprint density at radius 1 is 1.46 bits per heavy atom. The van der Waals surface area contributed by atoms with Gasteiger partial charge in [0.1, 0.15) is 5.75 Å². The lowest BCUT2D eigenvalue weighted by molar-refractivity contribution is 0.240. The lowest BCUT2D eigenvalue weighted by Gasteiger charge is -2.13. The fraction of sp³-hybridized carbons (Fsp3) is 0.400.